The summed E-state index contributed by atoms with van der Waals surface area (Å²) in [6.45, 7) is 7.28. The number of para-hydroxylation sites is 5. The molecule has 0 aliphatic carbocycles. The molecule has 0 aliphatic rings. The number of rotatable bonds is 9. The van der Waals surface area contributed by atoms with Gasteiger partial charge in [-0.3, -0.25) is 0 Å². The predicted molar refractivity (Wildman–Crippen MR) is 327 cm³/mol. The first-order valence-corrected chi connectivity index (χ1v) is 26.7. The van der Waals surface area contributed by atoms with Gasteiger partial charge in [-0.05, 0) is 126 Å². The summed E-state index contributed by atoms with van der Waals surface area (Å²) in [6.07, 6.45) is 2.33. The van der Waals surface area contributed by atoms with Crippen LogP contribution in [0.2, 0.25) is 0 Å². The van der Waals surface area contributed by atoms with Gasteiger partial charge >= 0.3 is 11.9 Å². The van der Waals surface area contributed by atoms with E-state index < -0.39 is 11.9 Å². The van der Waals surface area contributed by atoms with Crippen molar-refractivity contribution in [3.63, 3.8) is 0 Å². The minimum Gasteiger partial charge on any atom is -0.456 e. The topological polar surface area (TPSA) is 93.7 Å². The molecular weight excluding hydrogens is 1000 g/mol. The van der Waals surface area contributed by atoms with E-state index in [4.69, 9.17) is 18.3 Å². The first-order valence-electron chi connectivity index (χ1n) is 26.7. The SMILES string of the molecule is C=CC(=O)Oc1ccc2oc3ccc(-c4ccc5c(c4)c4ccccc4n5-c4cccc(-c5cc(OC(=O)C=C)cc6c5oc5c(-n7c8ccccc8c8ccccc87)cc(-n7c8ccccc8c8ccccc87)cc56)c4)cc3c2c1. The van der Waals surface area contributed by atoms with E-state index in [0.717, 1.165) is 138 Å². The lowest BCUT2D eigenvalue weighted by Gasteiger charge is -2.14. The van der Waals surface area contributed by atoms with E-state index in [2.05, 4.69) is 215 Å². The third-order valence-electron chi connectivity index (χ3n) is 15.9. The lowest BCUT2D eigenvalue weighted by atomic mass is 10.0. The normalized spacial score (nSPS) is 11.9. The Morgan fingerprint density at radius 3 is 1.44 bits per heavy atom. The Bertz CT molecular complexity index is 5300. The molecule has 0 N–H and O–H groups in total. The highest BCUT2D eigenvalue weighted by atomic mass is 16.5. The molecule has 0 saturated heterocycles. The summed E-state index contributed by atoms with van der Waals surface area (Å²) in [5, 5.41) is 10.1. The van der Waals surface area contributed by atoms with Crippen LogP contribution in [0.3, 0.4) is 0 Å². The van der Waals surface area contributed by atoms with Gasteiger partial charge in [-0.15, -0.1) is 0 Å². The second-order valence-corrected chi connectivity index (χ2v) is 20.4. The zero-order valence-electron chi connectivity index (χ0n) is 43.2. The van der Waals surface area contributed by atoms with Gasteiger partial charge in [-0.1, -0.05) is 128 Å². The molecule has 0 unspecified atom stereocenters. The fraction of sp³-hybridized carbons (Fsp3) is 0. The second-order valence-electron chi connectivity index (χ2n) is 20.4. The quantitative estimate of drug-likeness (QED) is 0.0812. The summed E-state index contributed by atoms with van der Waals surface area (Å²) < 4.78 is 32.1. The number of hydrogen-bond donors (Lipinski definition) is 0. The molecule has 16 aromatic rings. The Balaban J connectivity index is 0.904. The Labute approximate surface area is 461 Å². The number of furan rings is 2. The van der Waals surface area contributed by atoms with Gasteiger partial charge in [0.1, 0.15) is 28.2 Å². The summed E-state index contributed by atoms with van der Waals surface area (Å²) in [4.78, 5) is 25.3. The molecule has 9 nitrogen and oxygen atoms in total. The van der Waals surface area contributed by atoms with Crippen LogP contribution in [0.25, 0.3) is 149 Å². The number of aromatic nitrogens is 3. The summed E-state index contributed by atoms with van der Waals surface area (Å²) in [5.74, 6) is -0.317. The zero-order valence-corrected chi connectivity index (χ0v) is 43.2. The maximum Gasteiger partial charge on any atom is 0.335 e. The number of hydrogen-bond acceptors (Lipinski definition) is 6. The van der Waals surface area contributed by atoms with Crippen LogP contribution in [-0.2, 0) is 9.59 Å². The second kappa shape index (κ2) is 17.7. The number of fused-ring (bicyclic) bond motifs is 15. The van der Waals surface area contributed by atoms with Gasteiger partial charge < -0.3 is 32.0 Å². The van der Waals surface area contributed by atoms with Crippen LogP contribution in [0.5, 0.6) is 11.5 Å². The molecule has 0 atom stereocenters. The monoisotopic (exact) mass is 1050 g/mol. The summed E-state index contributed by atoms with van der Waals surface area (Å²) in [6, 6.07) is 77.4. The van der Waals surface area contributed by atoms with Crippen molar-refractivity contribution < 1.29 is 27.9 Å². The molecule has 0 saturated carbocycles. The number of esters is 2. The Kier molecular flexibility index (Phi) is 10.0. The highest BCUT2D eigenvalue weighted by molar-refractivity contribution is 6.17. The van der Waals surface area contributed by atoms with Crippen molar-refractivity contribution in [1.82, 2.24) is 13.7 Å². The van der Waals surface area contributed by atoms with E-state index in [1.165, 1.54) is 6.08 Å². The van der Waals surface area contributed by atoms with Gasteiger partial charge in [0.25, 0.3) is 0 Å². The van der Waals surface area contributed by atoms with E-state index in [-0.39, 0.29) is 0 Å². The molecule has 81 heavy (non-hydrogen) atoms. The summed E-state index contributed by atoms with van der Waals surface area (Å²) in [7, 11) is 0. The number of nitrogens with zero attached hydrogens (tertiary/aromatic N) is 3. The maximum absolute atomic E-state index is 13.2. The molecule has 0 radical (unpaired) electrons. The molecule has 0 spiro atoms. The summed E-state index contributed by atoms with van der Waals surface area (Å²) in [5.41, 5.74) is 15.5. The van der Waals surface area contributed by atoms with E-state index >= 15 is 0 Å². The molecular formula is C72H43N3O6. The Hall–Kier alpha value is -11.2. The third-order valence-corrected chi connectivity index (χ3v) is 15.9. The van der Waals surface area contributed by atoms with Crippen LogP contribution >= 0.6 is 0 Å². The minimum atomic E-state index is -0.567. The predicted octanol–water partition coefficient (Wildman–Crippen LogP) is 18.3. The molecule has 0 fully saturated rings. The molecule has 0 amide bonds. The van der Waals surface area contributed by atoms with Crippen LogP contribution in [0.15, 0.2) is 259 Å². The molecule has 5 aromatic heterocycles. The van der Waals surface area contributed by atoms with Crippen molar-refractivity contribution in [2.75, 3.05) is 0 Å². The molecule has 9 heteroatoms. The lowest BCUT2D eigenvalue weighted by molar-refractivity contribution is -0.129. The third kappa shape index (κ3) is 7.05. The first-order chi connectivity index (χ1) is 39.9. The van der Waals surface area contributed by atoms with Crippen molar-refractivity contribution in [1.29, 1.82) is 0 Å². The van der Waals surface area contributed by atoms with Gasteiger partial charge in [-0.2, -0.15) is 0 Å². The number of carbonyl (C=O) groups excluding carboxylic acids is 2. The smallest absolute Gasteiger partial charge is 0.335 e. The summed E-state index contributed by atoms with van der Waals surface area (Å²) >= 11 is 0. The number of ether oxygens (including phenoxy) is 2. The number of benzene rings is 11. The van der Waals surface area contributed by atoms with Gasteiger partial charge in [-0.25, -0.2) is 9.59 Å². The van der Waals surface area contributed by atoms with Crippen molar-refractivity contribution >= 4 is 121 Å². The van der Waals surface area contributed by atoms with Gasteiger partial charge in [0.05, 0.1) is 38.8 Å². The Morgan fingerprint density at radius 2 is 0.827 bits per heavy atom. The highest BCUT2D eigenvalue weighted by Crippen LogP contribution is 2.46. The lowest BCUT2D eigenvalue weighted by Crippen LogP contribution is -2.03. The van der Waals surface area contributed by atoms with Crippen molar-refractivity contribution in [3.05, 3.63) is 250 Å². The zero-order chi connectivity index (χ0) is 54.0. The van der Waals surface area contributed by atoms with Gasteiger partial charge in [0.2, 0.25) is 0 Å². The minimum absolute atomic E-state index is 0.360. The molecule has 16 rings (SSSR count). The van der Waals surface area contributed by atoms with Crippen molar-refractivity contribution in [3.8, 4) is 50.8 Å². The van der Waals surface area contributed by atoms with E-state index in [9.17, 15) is 9.59 Å². The van der Waals surface area contributed by atoms with Crippen LogP contribution in [-0.4, -0.2) is 25.6 Å². The average molecular weight is 1050 g/mol. The number of carbonyl (C=O) groups is 2. The van der Waals surface area contributed by atoms with Crippen LogP contribution < -0.4 is 9.47 Å². The largest absolute Gasteiger partial charge is 0.456 e. The molecule has 5 heterocycles. The van der Waals surface area contributed by atoms with Gasteiger partial charge in [0, 0.05) is 83.0 Å². The van der Waals surface area contributed by atoms with E-state index in [0.29, 0.717) is 28.2 Å². The van der Waals surface area contributed by atoms with Crippen LogP contribution in [0.4, 0.5) is 0 Å². The van der Waals surface area contributed by atoms with Crippen LogP contribution in [0.1, 0.15) is 0 Å². The molecule has 11 aromatic carbocycles. The molecule has 0 bridgehead atoms. The standard InChI is InChI=1S/C72H43N3O6/c1-3-69(76)78-47-30-33-68-57(39-47)56-36-43(29-32-67(56)80-68)42-28-31-65-55(35-42)53-22-9-12-25-62(53)73(65)45-17-15-16-44(34-45)54-40-48(79-70(77)4-2)41-59-58-37-46(74-60-23-10-5-18-49(60)50-19-6-11-24-61(50)74)38-66(72(58)81-71(54)59)75-63-26-13-7-20-51(63)52-21-8-14-27-64(52)75/h3-41H,1-2H2. The maximum atomic E-state index is 13.2. The van der Waals surface area contributed by atoms with E-state index in [1.54, 1.807) is 6.07 Å². The van der Waals surface area contributed by atoms with Crippen molar-refractivity contribution in [2.24, 2.45) is 0 Å². The highest BCUT2D eigenvalue weighted by Gasteiger charge is 2.25. The Morgan fingerprint density at radius 1 is 0.346 bits per heavy atom. The average Bonchev–Trinajstić information content (AvgIpc) is 4.49. The van der Waals surface area contributed by atoms with Gasteiger partial charge in [0.15, 0.2) is 5.58 Å². The fourth-order valence-electron chi connectivity index (χ4n) is 12.4. The fourth-order valence-corrected chi connectivity index (χ4v) is 12.4. The van der Waals surface area contributed by atoms with E-state index in [1.807, 2.05) is 30.3 Å². The molecule has 382 valence electrons. The van der Waals surface area contributed by atoms with Crippen molar-refractivity contribution in [2.45, 2.75) is 0 Å². The first kappa shape index (κ1) is 46.0. The molecule has 0 aliphatic heterocycles. The van der Waals surface area contributed by atoms with Crippen LogP contribution in [0, 0.1) is 0 Å².